The van der Waals surface area contributed by atoms with Gasteiger partial charge >= 0.3 is 0 Å². The Bertz CT molecular complexity index is 4610. The van der Waals surface area contributed by atoms with Crippen LogP contribution in [0.5, 0.6) is 0 Å². The molecule has 8 nitrogen and oxygen atoms in total. The van der Waals surface area contributed by atoms with Crippen LogP contribution in [0.3, 0.4) is 0 Å². The van der Waals surface area contributed by atoms with Gasteiger partial charge in [0.2, 0.25) is 0 Å². The number of nitrogens with zero attached hydrogens (tertiary/aromatic N) is 8. The van der Waals surface area contributed by atoms with Crippen molar-refractivity contribution in [3.05, 3.63) is 246 Å². The minimum atomic E-state index is 0.612. The van der Waals surface area contributed by atoms with E-state index in [0.717, 1.165) is 13.1 Å². The zero-order valence-corrected chi connectivity index (χ0v) is 85.5. The summed E-state index contributed by atoms with van der Waals surface area (Å²) < 4.78 is 0. The average Bonchev–Trinajstić information content (AvgIpc) is 1.77. The molecular formula is C117H178N8. The van der Waals surface area contributed by atoms with Crippen LogP contribution in [0.15, 0.2) is 146 Å². The van der Waals surface area contributed by atoms with Crippen LogP contribution in [-0.4, -0.2) is 110 Å². The lowest BCUT2D eigenvalue weighted by Crippen LogP contribution is -2.35. The Labute approximate surface area is 767 Å². The average molecular weight is 1700 g/mol. The van der Waals surface area contributed by atoms with Crippen LogP contribution in [0.1, 0.15) is 388 Å². The molecule has 0 saturated heterocycles. The highest BCUT2D eigenvalue weighted by atomic mass is 15.2. The molecule has 0 N–H and O–H groups in total. The topological polar surface area (TPSA) is 25.9 Å². The largest absolute Gasteiger partial charge is 0.369 e. The van der Waals surface area contributed by atoms with Crippen molar-refractivity contribution in [3.63, 3.8) is 0 Å². The first-order chi connectivity index (χ1) is 59.2. The van der Waals surface area contributed by atoms with E-state index in [2.05, 4.69) is 406 Å². The minimum Gasteiger partial charge on any atom is -0.369 e. The molecule has 8 heterocycles. The van der Waals surface area contributed by atoms with Crippen LogP contribution >= 0.6 is 0 Å². The van der Waals surface area contributed by atoms with Crippen LogP contribution in [-0.2, 0) is 64.5 Å². The van der Waals surface area contributed by atoms with Gasteiger partial charge in [-0.2, -0.15) is 0 Å². The number of hydrogen-bond acceptors (Lipinski definition) is 8. The fourth-order valence-electron chi connectivity index (χ4n) is 19.8. The second kappa shape index (κ2) is 47.2. The van der Waals surface area contributed by atoms with Crippen LogP contribution in [0.4, 0.5) is 34.1 Å². The molecule has 0 fully saturated rings. The zero-order chi connectivity index (χ0) is 91.5. The van der Waals surface area contributed by atoms with E-state index in [1.165, 1.54) is 218 Å². The molecule has 8 heteroatoms. The molecule has 125 heavy (non-hydrogen) atoms. The summed E-state index contributed by atoms with van der Waals surface area (Å²) in [6.07, 6.45) is 13.7. The fourth-order valence-corrected chi connectivity index (χ4v) is 19.8. The Kier molecular flexibility index (Phi) is 38.2. The lowest BCUT2D eigenvalue weighted by Gasteiger charge is -2.36. The van der Waals surface area contributed by atoms with Crippen molar-refractivity contribution in [2.24, 2.45) is 0 Å². The Morgan fingerprint density at radius 1 is 0.184 bits per heavy atom. The predicted octanol–water partition coefficient (Wildman–Crippen LogP) is 29.8. The van der Waals surface area contributed by atoms with Gasteiger partial charge in [-0.15, -0.1) is 0 Å². The summed E-state index contributed by atoms with van der Waals surface area (Å²) in [6, 6.07) is 60.7. The second-order valence-electron chi connectivity index (χ2n) is 42.4. The van der Waals surface area contributed by atoms with Crippen LogP contribution in [0.2, 0.25) is 0 Å². The van der Waals surface area contributed by atoms with Crippen molar-refractivity contribution in [2.45, 2.75) is 401 Å². The molecule has 0 aliphatic carbocycles. The van der Waals surface area contributed by atoms with Gasteiger partial charge in [-0.25, -0.2) is 0 Å². The van der Waals surface area contributed by atoms with E-state index >= 15 is 0 Å². The van der Waals surface area contributed by atoms with Gasteiger partial charge in [0.05, 0.1) is 0 Å². The highest BCUT2D eigenvalue weighted by Gasteiger charge is 2.29. The quantitative estimate of drug-likeness (QED) is 0.0944. The van der Waals surface area contributed by atoms with Gasteiger partial charge in [-0.1, -0.05) is 220 Å². The van der Waals surface area contributed by atoms with Crippen molar-refractivity contribution in [2.75, 3.05) is 81.8 Å². The number of hydrogen-bond donors (Lipinski definition) is 0. The summed E-state index contributed by atoms with van der Waals surface area (Å²) in [4.78, 5) is 20.3. The Balaban J connectivity index is 0.000000162. The van der Waals surface area contributed by atoms with E-state index in [0.29, 0.717) is 95.7 Å². The molecule has 0 amide bonds. The van der Waals surface area contributed by atoms with Crippen LogP contribution in [0.25, 0.3) is 0 Å². The number of aryl methyl sites for hydroxylation is 2. The van der Waals surface area contributed by atoms with E-state index in [1.54, 1.807) is 38.9 Å². The minimum absolute atomic E-state index is 0.612. The number of fused-ring (bicyclic) bond motifs is 8. The highest BCUT2D eigenvalue weighted by Crippen LogP contribution is 2.40. The number of anilines is 6. The molecule has 8 aromatic carbocycles. The predicted molar refractivity (Wildman–Crippen MR) is 554 cm³/mol. The van der Waals surface area contributed by atoms with Crippen molar-refractivity contribution in [3.8, 4) is 0 Å². The Morgan fingerprint density at radius 3 is 0.880 bits per heavy atom. The molecule has 0 atom stereocenters. The monoisotopic (exact) mass is 1700 g/mol. The van der Waals surface area contributed by atoms with Gasteiger partial charge in [0, 0.05) is 148 Å². The van der Waals surface area contributed by atoms with Gasteiger partial charge in [-0.05, 0) is 365 Å². The normalized spacial score (nSPS) is 15.8. The van der Waals surface area contributed by atoms with E-state index in [4.69, 9.17) is 0 Å². The molecule has 16 rings (SSSR count). The van der Waals surface area contributed by atoms with Gasteiger partial charge in [0.15, 0.2) is 0 Å². The van der Waals surface area contributed by atoms with Crippen molar-refractivity contribution in [1.29, 1.82) is 0 Å². The molecule has 686 valence electrons. The first-order valence-corrected chi connectivity index (χ1v) is 50.3. The van der Waals surface area contributed by atoms with Gasteiger partial charge in [0.1, 0.15) is 0 Å². The van der Waals surface area contributed by atoms with Gasteiger partial charge in [0.25, 0.3) is 0 Å². The summed E-state index contributed by atoms with van der Waals surface area (Å²) in [5.74, 6) is 5.11. The van der Waals surface area contributed by atoms with E-state index in [1.807, 2.05) is 0 Å². The number of rotatable bonds is 16. The van der Waals surface area contributed by atoms with Crippen molar-refractivity contribution >= 4 is 34.1 Å². The summed E-state index contributed by atoms with van der Waals surface area (Å²) in [5, 5.41) is 0. The third-order valence-corrected chi connectivity index (χ3v) is 28.0. The molecule has 0 bridgehead atoms. The SMILES string of the molecule is CC(C)c1ccc2c(c1)CCCN2C(C)C.CC(C)c1ccc2c(c1)CCN(C(C)C)C2.CC(C)c1ccc2c(c1)CCN2C(C)C.CC(C)c1ccc2c(c1)CN(C(C)C)CC2.CC(C)c1ccc2c(c1)N(C(C)C)CC2.CC(C)c1ccc2c(c1)N(C(C)C)CCC2.CC(C)c1cccc2c1CCCN2C(C)C.CC(C)c1cccc2c1CCN2C(C)C. The highest BCUT2D eigenvalue weighted by molar-refractivity contribution is 5.65. The molecule has 0 spiro atoms. The maximum atomic E-state index is 2.56. The molecule has 8 aliphatic rings. The van der Waals surface area contributed by atoms with E-state index in [9.17, 15) is 0 Å². The molecule has 0 unspecified atom stereocenters. The summed E-state index contributed by atoms with van der Waals surface area (Å²) in [5.41, 5.74) is 36.3. The molecule has 0 radical (unpaired) electrons. The van der Waals surface area contributed by atoms with Crippen LogP contribution < -0.4 is 29.4 Å². The standard InChI is InChI=1S/5C15H23N.3C14H21N/c1-11(2)13-7-5-9-15-14(13)8-6-10-16(15)12(3)4;1-11(2)13-5-6-15-10-16(12(3)4)8-7-14(15)9-13;1-11(2)14-6-5-13-7-8-16(12(3)4)10-15(13)9-14;1-11(2)13-7-8-15-14(10-13)6-5-9-16(15)12(3)4;1-11(2)14-8-7-13-6-5-9-16(12(3)4)15(13)10-14;1-10(2)12-5-6-14-13(9-12)7-8-15(14)11(3)4;1-10(2)13-6-5-12-7-8-15(11(3)4)14(12)9-13;1-10(2)12-6-5-7-14-13(12)8-9-15(14)11(3)4/h5,7,9,11-12H,6,8,10H2,1-4H3;2*5-6,9,11-12H,7-8,10H2,1-4H3;2*7-8,10-12H,5-6,9H2,1-4H3;2*5-6,9-11H,7-8H2,1-4H3;5-7,10-11H,8-9H2,1-4H3. The first kappa shape index (κ1) is 101. The lowest BCUT2D eigenvalue weighted by molar-refractivity contribution is 0.203. The fraction of sp³-hybridized carbons (Fsp3) is 0.590. The Hall–Kier alpha value is -7.52. The molecule has 8 aliphatic heterocycles. The van der Waals surface area contributed by atoms with E-state index in [-0.39, 0.29) is 0 Å². The summed E-state index contributed by atoms with van der Waals surface area (Å²) in [6.45, 7) is 84.8. The second-order valence-corrected chi connectivity index (χ2v) is 42.4. The van der Waals surface area contributed by atoms with Gasteiger partial charge in [-0.3, -0.25) is 9.80 Å². The smallest absolute Gasteiger partial charge is 0.0404 e. The lowest BCUT2D eigenvalue weighted by atomic mass is 9.90. The molecule has 0 aromatic heterocycles. The third kappa shape index (κ3) is 27.1. The Morgan fingerprint density at radius 2 is 0.464 bits per heavy atom. The zero-order valence-electron chi connectivity index (χ0n) is 85.5. The molecule has 0 saturated carbocycles. The van der Waals surface area contributed by atoms with E-state index < -0.39 is 0 Å². The third-order valence-electron chi connectivity index (χ3n) is 28.0. The maximum absolute atomic E-state index is 2.56. The van der Waals surface area contributed by atoms with Crippen LogP contribution in [0, 0.1) is 0 Å². The summed E-state index contributed by atoms with van der Waals surface area (Å²) in [7, 11) is 0. The summed E-state index contributed by atoms with van der Waals surface area (Å²) >= 11 is 0. The van der Waals surface area contributed by atoms with Crippen molar-refractivity contribution in [1.82, 2.24) is 9.80 Å². The number of benzene rings is 8. The molecule has 8 aromatic rings. The molecular weight excluding hydrogens is 1520 g/mol. The van der Waals surface area contributed by atoms with Gasteiger partial charge < -0.3 is 29.4 Å². The first-order valence-electron chi connectivity index (χ1n) is 50.3. The maximum Gasteiger partial charge on any atom is 0.0404 e. The van der Waals surface area contributed by atoms with Crippen molar-refractivity contribution < 1.29 is 0 Å².